The molecule has 0 aliphatic carbocycles. The molecule has 5 aromatic rings. The van der Waals surface area contributed by atoms with E-state index in [2.05, 4.69) is 0 Å². The molecule has 0 radical (unpaired) electrons. The smallest absolute Gasteiger partial charge is 0.338 e. The van der Waals surface area contributed by atoms with E-state index in [9.17, 15) is 9.59 Å². The van der Waals surface area contributed by atoms with E-state index in [1.165, 1.54) is 11.3 Å². The number of benzene rings is 4. The molecule has 4 aromatic carbocycles. The van der Waals surface area contributed by atoms with Gasteiger partial charge < -0.3 is 14.2 Å². The van der Waals surface area contributed by atoms with E-state index in [0.29, 0.717) is 50.3 Å². The Hall–Kier alpha value is -4.92. The zero-order valence-corrected chi connectivity index (χ0v) is 26.9. The van der Waals surface area contributed by atoms with Gasteiger partial charge in [-0.25, -0.2) is 9.79 Å². The molecule has 1 aliphatic heterocycles. The molecule has 0 spiro atoms. The summed E-state index contributed by atoms with van der Waals surface area (Å²) in [5.74, 6) is 0.827. The third kappa shape index (κ3) is 6.68. The second-order valence-corrected chi connectivity index (χ2v) is 11.9. The van der Waals surface area contributed by atoms with Crippen molar-refractivity contribution in [3.8, 4) is 11.5 Å². The highest BCUT2D eigenvalue weighted by Crippen LogP contribution is 2.35. The number of hydrogen-bond acceptors (Lipinski definition) is 7. The van der Waals surface area contributed by atoms with Gasteiger partial charge >= 0.3 is 5.97 Å². The summed E-state index contributed by atoms with van der Waals surface area (Å²) in [5.41, 5.74) is 3.74. The molecule has 0 saturated heterocycles. The Morgan fingerprint density at radius 1 is 0.891 bits per heavy atom. The number of nitrogens with zero attached hydrogens (tertiary/aromatic N) is 2. The Balaban J connectivity index is 1.47. The lowest BCUT2D eigenvalue weighted by molar-refractivity contribution is -0.138. The summed E-state index contributed by atoms with van der Waals surface area (Å²) in [6.45, 7) is 4.73. The maximum Gasteiger partial charge on any atom is 0.338 e. The molecular formula is C37H31ClN2O5S. The Kier molecular flexibility index (Phi) is 9.47. The number of rotatable bonds is 10. The number of carbonyl (C=O) groups is 1. The number of aromatic nitrogens is 1. The van der Waals surface area contributed by atoms with Crippen LogP contribution in [0.15, 0.2) is 118 Å². The van der Waals surface area contributed by atoms with Crippen molar-refractivity contribution in [2.45, 2.75) is 26.5 Å². The molecule has 0 unspecified atom stereocenters. The summed E-state index contributed by atoms with van der Waals surface area (Å²) in [6.07, 6.45) is 1.82. The Bertz CT molecular complexity index is 2080. The number of halogens is 1. The molecule has 0 bridgehead atoms. The molecule has 9 heteroatoms. The predicted molar refractivity (Wildman–Crippen MR) is 181 cm³/mol. The Labute approximate surface area is 275 Å². The molecule has 46 heavy (non-hydrogen) atoms. The molecule has 1 atom stereocenters. The van der Waals surface area contributed by atoms with Gasteiger partial charge in [0.1, 0.15) is 18.1 Å². The normalized spacial score (nSPS) is 14.4. The van der Waals surface area contributed by atoms with Crippen LogP contribution in [0.4, 0.5) is 0 Å². The number of carbonyl (C=O) groups excluding carboxylic acids is 1. The van der Waals surface area contributed by atoms with Crippen LogP contribution >= 0.6 is 22.9 Å². The van der Waals surface area contributed by atoms with E-state index in [0.717, 1.165) is 22.3 Å². The third-order valence-corrected chi connectivity index (χ3v) is 8.55. The van der Waals surface area contributed by atoms with E-state index < -0.39 is 12.0 Å². The van der Waals surface area contributed by atoms with Gasteiger partial charge in [0, 0.05) is 10.6 Å². The largest absolute Gasteiger partial charge is 0.494 e. The summed E-state index contributed by atoms with van der Waals surface area (Å²) in [5, 5.41) is 0.648. The van der Waals surface area contributed by atoms with Crippen LogP contribution in [0, 0.1) is 0 Å². The van der Waals surface area contributed by atoms with Crippen LogP contribution in [0.25, 0.3) is 11.8 Å². The van der Waals surface area contributed by atoms with Gasteiger partial charge in [0.25, 0.3) is 5.56 Å². The van der Waals surface area contributed by atoms with Crippen LogP contribution in [0.5, 0.6) is 11.5 Å². The third-order valence-electron chi connectivity index (χ3n) is 7.33. The number of fused-ring (bicyclic) bond motifs is 1. The van der Waals surface area contributed by atoms with Crippen LogP contribution in [0.2, 0.25) is 5.02 Å². The molecule has 0 saturated carbocycles. The van der Waals surface area contributed by atoms with Gasteiger partial charge in [0.05, 0.1) is 35.1 Å². The van der Waals surface area contributed by atoms with E-state index >= 15 is 0 Å². The van der Waals surface area contributed by atoms with Crippen molar-refractivity contribution in [3.63, 3.8) is 0 Å². The molecule has 6 rings (SSSR count). The SMILES string of the molecule is CCOC(=O)C1=C(c2ccccc2)N=c2s/c(=C\c3cccc(OCc4cccc(Cl)c4)c3)c(=O)n2[C@H]1c1ccc(OCC)cc1. The highest BCUT2D eigenvalue weighted by atomic mass is 35.5. The predicted octanol–water partition coefficient (Wildman–Crippen LogP) is 6.57. The molecule has 1 aliphatic rings. The van der Waals surface area contributed by atoms with Crippen molar-refractivity contribution in [2.75, 3.05) is 13.2 Å². The molecule has 232 valence electrons. The fourth-order valence-corrected chi connectivity index (χ4v) is 6.52. The van der Waals surface area contributed by atoms with Gasteiger partial charge in [0.15, 0.2) is 4.80 Å². The zero-order chi connectivity index (χ0) is 32.0. The van der Waals surface area contributed by atoms with Gasteiger partial charge in [-0.05, 0) is 73.0 Å². The van der Waals surface area contributed by atoms with Gasteiger partial charge in [-0.1, -0.05) is 89.7 Å². The molecule has 0 N–H and O–H groups in total. The maximum absolute atomic E-state index is 14.2. The zero-order valence-electron chi connectivity index (χ0n) is 25.3. The van der Waals surface area contributed by atoms with Crippen molar-refractivity contribution in [1.29, 1.82) is 0 Å². The summed E-state index contributed by atoms with van der Waals surface area (Å²) in [7, 11) is 0. The summed E-state index contributed by atoms with van der Waals surface area (Å²) < 4.78 is 19.3. The first-order valence-corrected chi connectivity index (χ1v) is 16.1. The average molecular weight is 651 g/mol. The fourth-order valence-electron chi connectivity index (χ4n) is 5.31. The van der Waals surface area contributed by atoms with Crippen molar-refractivity contribution in [3.05, 3.63) is 156 Å². The van der Waals surface area contributed by atoms with Crippen molar-refractivity contribution in [2.24, 2.45) is 4.99 Å². The number of hydrogen-bond donors (Lipinski definition) is 0. The standard InChI is InChI=1S/C37H31ClN2O5S/c1-3-43-29-18-16-27(17-19-29)34-32(36(42)44-4-2)33(26-12-6-5-7-13-26)39-37-40(34)35(41)31(46-37)22-24-10-9-15-30(21-24)45-23-25-11-8-14-28(38)20-25/h5-22,34H,3-4,23H2,1-2H3/b31-22-/t34-/m0/s1. The minimum atomic E-state index is -0.768. The number of ether oxygens (including phenoxy) is 3. The van der Waals surface area contributed by atoms with Crippen LogP contribution in [-0.2, 0) is 16.1 Å². The maximum atomic E-state index is 14.2. The second-order valence-electron chi connectivity index (χ2n) is 10.4. The van der Waals surface area contributed by atoms with Crippen molar-refractivity contribution in [1.82, 2.24) is 4.57 Å². The van der Waals surface area contributed by atoms with Gasteiger partial charge in [-0.2, -0.15) is 0 Å². The second kappa shape index (κ2) is 14.0. The Morgan fingerprint density at radius 3 is 2.41 bits per heavy atom. The van der Waals surface area contributed by atoms with E-state index in [1.807, 2.05) is 116 Å². The van der Waals surface area contributed by atoms with Gasteiger partial charge in [-0.15, -0.1) is 0 Å². The molecule has 0 fully saturated rings. The van der Waals surface area contributed by atoms with Crippen molar-refractivity contribution < 1.29 is 19.0 Å². The van der Waals surface area contributed by atoms with Crippen LogP contribution < -0.4 is 24.4 Å². The average Bonchev–Trinajstić information content (AvgIpc) is 3.38. The van der Waals surface area contributed by atoms with Gasteiger partial charge in [0.2, 0.25) is 0 Å². The highest BCUT2D eigenvalue weighted by Gasteiger charge is 2.35. The van der Waals surface area contributed by atoms with Crippen molar-refractivity contribution >= 4 is 40.7 Å². The minimum absolute atomic E-state index is 0.181. The van der Waals surface area contributed by atoms with Gasteiger partial charge in [-0.3, -0.25) is 9.36 Å². The summed E-state index contributed by atoms with van der Waals surface area (Å²) in [6, 6.07) is 31.2. The van der Waals surface area contributed by atoms with Crippen LogP contribution in [0.1, 0.15) is 42.1 Å². The molecule has 1 aromatic heterocycles. The minimum Gasteiger partial charge on any atom is -0.494 e. The van der Waals surface area contributed by atoms with E-state index in [4.69, 9.17) is 30.8 Å². The lowest BCUT2D eigenvalue weighted by Gasteiger charge is -2.26. The molecular weight excluding hydrogens is 620 g/mol. The van der Waals surface area contributed by atoms with E-state index in [1.54, 1.807) is 11.5 Å². The van der Waals surface area contributed by atoms with E-state index in [-0.39, 0.29) is 12.2 Å². The lowest BCUT2D eigenvalue weighted by atomic mass is 9.93. The lowest BCUT2D eigenvalue weighted by Crippen LogP contribution is -2.40. The first kappa shape index (κ1) is 31.1. The molecule has 0 amide bonds. The Morgan fingerprint density at radius 2 is 1.67 bits per heavy atom. The summed E-state index contributed by atoms with van der Waals surface area (Å²) >= 11 is 7.39. The highest BCUT2D eigenvalue weighted by molar-refractivity contribution is 7.07. The molecule has 2 heterocycles. The van der Waals surface area contributed by atoms with Crippen LogP contribution in [-0.4, -0.2) is 23.8 Å². The first-order valence-electron chi connectivity index (χ1n) is 14.9. The monoisotopic (exact) mass is 650 g/mol. The van der Waals surface area contributed by atoms with Crippen LogP contribution in [0.3, 0.4) is 0 Å². The molecule has 7 nitrogen and oxygen atoms in total. The number of esters is 1. The topological polar surface area (TPSA) is 79.1 Å². The fraction of sp³-hybridized carbons (Fsp3) is 0.162. The summed E-state index contributed by atoms with van der Waals surface area (Å²) in [4.78, 5) is 33.3. The first-order chi connectivity index (χ1) is 22.4. The number of thiazole rings is 1. The quantitative estimate of drug-likeness (QED) is 0.160.